The molecular weight excluding hydrogens is 253 g/mol. The number of aryl methyl sites for hydroxylation is 1. The van der Waals surface area contributed by atoms with Crippen LogP contribution < -0.4 is 5.56 Å². The van der Waals surface area contributed by atoms with Crippen LogP contribution in [0, 0.1) is 0 Å². The summed E-state index contributed by atoms with van der Waals surface area (Å²) < 4.78 is 2.58. The summed E-state index contributed by atoms with van der Waals surface area (Å²) >= 11 is 13.4. The minimum atomic E-state index is -0.0495. The Kier molecular flexibility index (Phi) is 3.05. The van der Waals surface area contributed by atoms with E-state index in [2.05, 4.69) is 0 Å². The highest BCUT2D eigenvalue weighted by Gasteiger charge is 2.13. The second-order valence-corrected chi connectivity index (χ2v) is 4.90. The highest BCUT2D eigenvalue weighted by molar-refractivity contribution is 7.17. The molecule has 0 aliphatic rings. The monoisotopic (exact) mass is 261 g/mol. The first-order chi connectivity index (χ1) is 7.16. The quantitative estimate of drug-likeness (QED) is 0.762. The Morgan fingerprint density at radius 1 is 1.53 bits per heavy atom. The zero-order chi connectivity index (χ0) is 11.0. The minimum Gasteiger partial charge on any atom is -0.310 e. The number of nitrogens with zero attached hydrogens (tertiary/aromatic N) is 1. The zero-order valence-corrected chi connectivity index (χ0v) is 10.4. The van der Waals surface area contributed by atoms with Crippen molar-refractivity contribution >= 4 is 44.8 Å². The number of hydrogen-bond donors (Lipinski definition) is 0. The van der Waals surface area contributed by atoms with Gasteiger partial charge in [-0.2, -0.15) is 0 Å². The number of hydrogen-bond acceptors (Lipinski definition) is 2. The van der Waals surface area contributed by atoms with Crippen LogP contribution in [-0.2, 0) is 13.5 Å². The maximum Gasteiger partial charge on any atom is 0.255 e. The van der Waals surface area contributed by atoms with Gasteiger partial charge in [-0.3, -0.25) is 4.79 Å². The van der Waals surface area contributed by atoms with Gasteiger partial charge in [-0.15, -0.1) is 22.9 Å². The van der Waals surface area contributed by atoms with Crippen LogP contribution in [-0.4, -0.2) is 10.4 Å². The van der Waals surface area contributed by atoms with Gasteiger partial charge in [0.25, 0.3) is 5.56 Å². The van der Waals surface area contributed by atoms with Crippen molar-refractivity contribution in [2.45, 2.75) is 6.42 Å². The van der Waals surface area contributed by atoms with E-state index in [-0.39, 0.29) is 5.56 Å². The summed E-state index contributed by atoms with van der Waals surface area (Å²) in [5, 5.41) is 2.49. The molecule has 2 heterocycles. The summed E-state index contributed by atoms with van der Waals surface area (Å²) in [5.74, 6) is 0.409. The molecule has 0 atom stereocenters. The lowest BCUT2D eigenvalue weighted by molar-refractivity contribution is 0.880. The summed E-state index contributed by atoms with van der Waals surface area (Å²) in [7, 11) is 1.76. The van der Waals surface area contributed by atoms with Gasteiger partial charge in [-0.25, -0.2) is 0 Å². The maximum atomic E-state index is 11.9. The number of alkyl halides is 1. The van der Waals surface area contributed by atoms with E-state index in [4.69, 9.17) is 23.2 Å². The summed E-state index contributed by atoms with van der Waals surface area (Å²) in [4.78, 5) is 11.9. The van der Waals surface area contributed by atoms with Crippen molar-refractivity contribution < 1.29 is 0 Å². The average molecular weight is 262 g/mol. The van der Waals surface area contributed by atoms with Gasteiger partial charge in [0, 0.05) is 18.5 Å². The van der Waals surface area contributed by atoms with Crippen molar-refractivity contribution in [2.75, 3.05) is 5.88 Å². The normalized spacial score (nSPS) is 11.1. The fraction of sp³-hybridized carbons (Fsp3) is 0.300. The molecule has 80 valence electrons. The van der Waals surface area contributed by atoms with Crippen molar-refractivity contribution in [1.82, 2.24) is 4.57 Å². The molecule has 0 amide bonds. The first-order valence-electron chi connectivity index (χ1n) is 4.47. The highest BCUT2D eigenvalue weighted by atomic mass is 35.5. The number of thiophene rings is 1. The van der Waals surface area contributed by atoms with E-state index in [1.165, 1.54) is 0 Å². The van der Waals surface area contributed by atoms with Crippen LogP contribution >= 0.6 is 34.5 Å². The first kappa shape index (κ1) is 11.0. The lowest BCUT2D eigenvalue weighted by atomic mass is 10.2. The summed E-state index contributed by atoms with van der Waals surface area (Å²) in [6, 6.07) is 1.90. The molecule has 0 saturated carbocycles. The molecule has 0 N–H and O–H groups in total. The Hall–Kier alpha value is -0.510. The van der Waals surface area contributed by atoms with Gasteiger partial charge >= 0.3 is 0 Å². The maximum absolute atomic E-state index is 11.9. The van der Waals surface area contributed by atoms with E-state index in [9.17, 15) is 4.79 Å². The Bertz CT molecular complexity index is 558. The van der Waals surface area contributed by atoms with E-state index in [0.29, 0.717) is 22.9 Å². The predicted molar refractivity (Wildman–Crippen MR) is 66.5 cm³/mol. The molecule has 2 aromatic heterocycles. The molecule has 0 radical (unpaired) electrons. The van der Waals surface area contributed by atoms with Crippen LogP contribution in [0.25, 0.3) is 10.2 Å². The highest BCUT2D eigenvalue weighted by Crippen LogP contribution is 2.29. The van der Waals surface area contributed by atoms with Gasteiger partial charge in [0.05, 0.1) is 15.2 Å². The van der Waals surface area contributed by atoms with E-state index < -0.39 is 0 Å². The largest absolute Gasteiger partial charge is 0.310 e. The molecule has 0 aliphatic heterocycles. The second kappa shape index (κ2) is 4.16. The van der Waals surface area contributed by atoms with Crippen LogP contribution in [0.5, 0.6) is 0 Å². The van der Waals surface area contributed by atoms with Crippen molar-refractivity contribution in [3.63, 3.8) is 0 Å². The van der Waals surface area contributed by atoms with Gasteiger partial charge < -0.3 is 4.57 Å². The van der Waals surface area contributed by atoms with Crippen molar-refractivity contribution in [1.29, 1.82) is 0 Å². The third-order valence-corrected chi connectivity index (χ3v) is 4.02. The molecule has 2 nitrogen and oxygen atoms in total. The number of fused-ring (bicyclic) bond motifs is 1. The standard InChI is InChI=1S/C10H9Cl2NOS/c1-13-7-3-5-15-9(7)8(12)6(2-4-11)10(13)14/h3,5H,2,4H2,1H3. The number of aromatic nitrogens is 1. The van der Waals surface area contributed by atoms with Crippen LogP contribution in [0.4, 0.5) is 0 Å². The van der Waals surface area contributed by atoms with E-state index in [1.807, 2.05) is 11.4 Å². The fourth-order valence-corrected chi connectivity index (χ4v) is 3.06. The van der Waals surface area contributed by atoms with Crippen LogP contribution in [0.3, 0.4) is 0 Å². The first-order valence-corrected chi connectivity index (χ1v) is 6.26. The molecule has 0 spiro atoms. The SMILES string of the molecule is Cn1c(=O)c(CCCl)c(Cl)c2sccc21. The molecule has 0 aromatic carbocycles. The van der Waals surface area contributed by atoms with E-state index in [1.54, 1.807) is 23.0 Å². The number of rotatable bonds is 2. The van der Waals surface area contributed by atoms with Crippen LogP contribution in [0.1, 0.15) is 5.56 Å². The van der Waals surface area contributed by atoms with Gasteiger partial charge in [0.2, 0.25) is 0 Å². The van der Waals surface area contributed by atoms with Crippen molar-refractivity contribution in [2.24, 2.45) is 7.05 Å². The number of halogens is 2. The Labute approximate surface area is 101 Å². The Balaban J connectivity index is 2.86. The zero-order valence-electron chi connectivity index (χ0n) is 8.09. The topological polar surface area (TPSA) is 22.0 Å². The lowest BCUT2D eigenvalue weighted by Gasteiger charge is -2.07. The lowest BCUT2D eigenvalue weighted by Crippen LogP contribution is -2.21. The Morgan fingerprint density at radius 2 is 2.27 bits per heavy atom. The van der Waals surface area contributed by atoms with Crippen LogP contribution in [0.15, 0.2) is 16.2 Å². The van der Waals surface area contributed by atoms with Gasteiger partial charge in [-0.1, -0.05) is 11.6 Å². The fourth-order valence-electron chi connectivity index (χ4n) is 1.58. The molecule has 0 fully saturated rings. The van der Waals surface area contributed by atoms with Crippen molar-refractivity contribution in [3.8, 4) is 0 Å². The minimum absolute atomic E-state index is 0.0495. The van der Waals surface area contributed by atoms with E-state index in [0.717, 1.165) is 10.2 Å². The van der Waals surface area contributed by atoms with Gasteiger partial charge in [0.15, 0.2) is 0 Å². The average Bonchev–Trinajstić information content (AvgIpc) is 2.70. The molecule has 0 saturated heterocycles. The molecule has 0 aliphatic carbocycles. The molecule has 5 heteroatoms. The summed E-state index contributed by atoms with van der Waals surface area (Å²) in [6.45, 7) is 0. The molecule has 0 bridgehead atoms. The molecule has 15 heavy (non-hydrogen) atoms. The molecule has 2 aromatic rings. The summed E-state index contributed by atoms with van der Waals surface area (Å²) in [6.07, 6.45) is 0.515. The smallest absolute Gasteiger partial charge is 0.255 e. The molecule has 0 unspecified atom stereocenters. The summed E-state index contributed by atoms with van der Waals surface area (Å²) in [5.41, 5.74) is 1.45. The predicted octanol–water partition coefficient (Wildman–Crippen LogP) is 3.03. The van der Waals surface area contributed by atoms with Crippen LogP contribution in [0.2, 0.25) is 5.02 Å². The Morgan fingerprint density at radius 3 is 2.93 bits per heavy atom. The van der Waals surface area contributed by atoms with Gasteiger partial charge in [-0.05, 0) is 17.9 Å². The van der Waals surface area contributed by atoms with Gasteiger partial charge in [0.1, 0.15) is 0 Å². The third-order valence-electron chi connectivity index (χ3n) is 2.38. The third kappa shape index (κ3) is 1.69. The number of pyridine rings is 1. The molecular formula is C10H9Cl2NOS. The molecule has 2 rings (SSSR count). The van der Waals surface area contributed by atoms with Crippen molar-refractivity contribution in [3.05, 3.63) is 32.4 Å². The second-order valence-electron chi connectivity index (χ2n) is 3.23. The van der Waals surface area contributed by atoms with E-state index >= 15 is 0 Å².